The molecule has 0 aliphatic carbocycles. The van der Waals surface area contributed by atoms with Gasteiger partial charge >= 0.3 is 0 Å². The minimum atomic E-state index is -0.388. The Morgan fingerprint density at radius 3 is 2.47 bits per heavy atom. The maximum Gasteiger partial charge on any atom is 0.277 e. The van der Waals surface area contributed by atoms with E-state index >= 15 is 0 Å². The summed E-state index contributed by atoms with van der Waals surface area (Å²) in [4.78, 5) is 12.1. The van der Waals surface area contributed by atoms with Crippen LogP contribution in [-0.4, -0.2) is 16.2 Å². The zero-order chi connectivity index (χ0) is 13.8. The number of rotatable bonds is 4. The third-order valence-corrected chi connectivity index (χ3v) is 2.84. The van der Waals surface area contributed by atoms with Crippen molar-refractivity contribution in [2.75, 3.05) is 5.73 Å². The van der Waals surface area contributed by atoms with Crippen LogP contribution in [0.3, 0.4) is 0 Å². The fraction of sp³-hybridized carbons (Fsp3) is 0.308. The number of hydrogen-bond acceptors (Lipinski definition) is 5. The van der Waals surface area contributed by atoms with Gasteiger partial charge in [0.2, 0.25) is 11.5 Å². The van der Waals surface area contributed by atoms with Gasteiger partial charge in [-0.3, -0.25) is 4.79 Å². The van der Waals surface area contributed by atoms with Crippen molar-refractivity contribution in [2.24, 2.45) is 5.92 Å². The number of carbonyl (C=O) groups excluding carboxylic acids is 1. The number of hydrogen-bond donors (Lipinski definition) is 2. The summed E-state index contributed by atoms with van der Waals surface area (Å²) in [5, 5.41) is 9.79. The molecule has 3 N–H and O–H groups in total. The summed E-state index contributed by atoms with van der Waals surface area (Å²) in [5.41, 5.74) is 6.55. The van der Waals surface area contributed by atoms with E-state index in [9.17, 15) is 4.79 Å². The van der Waals surface area contributed by atoms with Gasteiger partial charge in [0, 0.05) is 0 Å². The standard InChI is InChI=1S/C13H16N4O2/c1-8(2)10(9-6-4-3-5-7-9)15-13(18)11-12(14)17-19-16-11/h3-8,10H,1-2H3,(H2,14,17)(H,15,18). The summed E-state index contributed by atoms with van der Waals surface area (Å²) in [6, 6.07) is 9.61. The Morgan fingerprint density at radius 1 is 1.26 bits per heavy atom. The van der Waals surface area contributed by atoms with Crippen molar-refractivity contribution >= 4 is 11.7 Å². The summed E-state index contributed by atoms with van der Waals surface area (Å²) in [6.07, 6.45) is 0. The van der Waals surface area contributed by atoms with Crippen LogP contribution in [0.5, 0.6) is 0 Å². The third kappa shape index (κ3) is 2.90. The van der Waals surface area contributed by atoms with Crippen molar-refractivity contribution < 1.29 is 9.42 Å². The van der Waals surface area contributed by atoms with Gasteiger partial charge in [-0.1, -0.05) is 44.2 Å². The van der Waals surface area contributed by atoms with E-state index < -0.39 is 0 Å². The van der Waals surface area contributed by atoms with E-state index in [1.165, 1.54) is 0 Å². The Morgan fingerprint density at radius 2 is 1.95 bits per heavy atom. The smallest absolute Gasteiger partial charge is 0.277 e. The molecular weight excluding hydrogens is 244 g/mol. The highest BCUT2D eigenvalue weighted by Crippen LogP contribution is 2.22. The fourth-order valence-corrected chi connectivity index (χ4v) is 1.86. The van der Waals surface area contributed by atoms with Crippen LogP contribution in [0, 0.1) is 5.92 Å². The average Bonchev–Trinajstić information content (AvgIpc) is 2.82. The molecule has 1 unspecified atom stereocenters. The number of nitrogens with zero attached hydrogens (tertiary/aromatic N) is 2. The van der Waals surface area contributed by atoms with Gasteiger partial charge in [-0.25, -0.2) is 4.63 Å². The van der Waals surface area contributed by atoms with Gasteiger partial charge in [0.15, 0.2) is 0 Å². The predicted molar refractivity (Wildman–Crippen MR) is 70.2 cm³/mol. The van der Waals surface area contributed by atoms with E-state index in [2.05, 4.69) is 20.3 Å². The van der Waals surface area contributed by atoms with Crippen LogP contribution in [-0.2, 0) is 0 Å². The van der Waals surface area contributed by atoms with Gasteiger partial charge in [0.1, 0.15) is 0 Å². The van der Waals surface area contributed by atoms with E-state index in [0.717, 1.165) is 5.56 Å². The summed E-state index contributed by atoms with van der Waals surface area (Å²) in [5.74, 6) is -0.165. The highest BCUT2D eigenvalue weighted by atomic mass is 16.6. The molecule has 0 spiro atoms. The Kier molecular flexibility index (Phi) is 3.79. The van der Waals surface area contributed by atoms with Gasteiger partial charge in [0.25, 0.3) is 5.91 Å². The van der Waals surface area contributed by atoms with Crippen LogP contribution in [0.4, 0.5) is 5.82 Å². The van der Waals surface area contributed by atoms with Gasteiger partial charge < -0.3 is 11.1 Å². The minimum absolute atomic E-state index is 0.00642. The second-order valence-electron chi connectivity index (χ2n) is 4.60. The van der Waals surface area contributed by atoms with E-state index in [4.69, 9.17) is 5.73 Å². The lowest BCUT2D eigenvalue weighted by molar-refractivity contribution is 0.0916. The van der Waals surface area contributed by atoms with E-state index in [1.807, 2.05) is 44.2 Å². The van der Waals surface area contributed by atoms with Gasteiger partial charge in [0.05, 0.1) is 6.04 Å². The average molecular weight is 260 g/mol. The zero-order valence-electron chi connectivity index (χ0n) is 10.8. The zero-order valence-corrected chi connectivity index (χ0v) is 10.8. The molecule has 2 aromatic rings. The molecule has 100 valence electrons. The topological polar surface area (TPSA) is 94.0 Å². The molecule has 0 fully saturated rings. The molecule has 0 bridgehead atoms. The van der Waals surface area contributed by atoms with E-state index in [1.54, 1.807) is 0 Å². The number of carbonyl (C=O) groups is 1. The molecule has 1 aromatic carbocycles. The quantitative estimate of drug-likeness (QED) is 0.873. The summed E-state index contributed by atoms with van der Waals surface area (Å²) >= 11 is 0. The molecule has 1 amide bonds. The van der Waals surface area contributed by atoms with Crippen LogP contribution in [0.1, 0.15) is 35.9 Å². The lowest BCUT2D eigenvalue weighted by atomic mass is 9.96. The van der Waals surface area contributed by atoms with Crippen LogP contribution in [0.15, 0.2) is 35.0 Å². The Hall–Kier alpha value is -2.37. The van der Waals surface area contributed by atoms with Crippen LogP contribution in [0.25, 0.3) is 0 Å². The molecule has 2 rings (SSSR count). The highest BCUT2D eigenvalue weighted by Gasteiger charge is 2.22. The first-order valence-corrected chi connectivity index (χ1v) is 6.03. The monoisotopic (exact) mass is 260 g/mol. The molecule has 1 atom stereocenters. The lowest BCUT2D eigenvalue weighted by Gasteiger charge is -2.22. The van der Waals surface area contributed by atoms with Crippen molar-refractivity contribution in [3.05, 3.63) is 41.6 Å². The largest absolute Gasteiger partial charge is 0.379 e. The maximum atomic E-state index is 12.1. The van der Waals surface area contributed by atoms with Gasteiger partial charge in [-0.15, -0.1) is 0 Å². The van der Waals surface area contributed by atoms with Crippen LogP contribution in [0.2, 0.25) is 0 Å². The molecule has 6 nitrogen and oxygen atoms in total. The molecule has 0 saturated carbocycles. The summed E-state index contributed by atoms with van der Waals surface area (Å²) in [7, 11) is 0. The fourth-order valence-electron chi connectivity index (χ4n) is 1.86. The van der Waals surface area contributed by atoms with Crippen LogP contribution >= 0.6 is 0 Å². The Balaban J connectivity index is 2.19. The molecule has 19 heavy (non-hydrogen) atoms. The van der Waals surface area contributed by atoms with Crippen molar-refractivity contribution in [1.29, 1.82) is 0 Å². The number of nitrogens with one attached hydrogen (secondary N) is 1. The number of nitrogens with two attached hydrogens (primary N) is 1. The number of anilines is 1. The second-order valence-corrected chi connectivity index (χ2v) is 4.60. The van der Waals surface area contributed by atoms with Gasteiger partial charge in [-0.2, -0.15) is 0 Å². The first-order valence-electron chi connectivity index (χ1n) is 6.03. The number of aromatic nitrogens is 2. The Bertz CT molecular complexity index is 551. The highest BCUT2D eigenvalue weighted by molar-refractivity contribution is 5.96. The molecule has 0 saturated heterocycles. The third-order valence-electron chi connectivity index (χ3n) is 2.84. The number of nitrogen functional groups attached to an aromatic ring is 1. The lowest BCUT2D eigenvalue weighted by Crippen LogP contribution is -2.32. The molecule has 0 radical (unpaired) electrons. The van der Waals surface area contributed by atoms with Crippen molar-refractivity contribution in [3.63, 3.8) is 0 Å². The Labute approximate surface area is 111 Å². The van der Waals surface area contributed by atoms with E-state index in [-0.39, 0.29) is 29.4 Å². The van der Waals surface area contributed by atoms with Gasteiger partial charge in [-0.05, 0) is 21.8 Å². The second kappa shape index (κ2) is 5.51. The summed E-state index contributed by atoms with van der Waals surface area (Å²) in [6.45, 7) is 4.06. The molecule has 0 aliphatic rings. The molecular formula is C13H16N4O2. The van der Waals surface area contributed by atoms with E-state index in [0.29, 0.717) is 0 Å². The molecule has 6 heteroatoms. The van der Waals surface area contributed by atoms with Crippen molar-refractivity contribution in [1.82, 2.24) is 15.6 Å². The van der Waals surface area contributed by atoms with Crippen molar-refractivity contribution in [3.8, 4) is 0 Å². The first-order chi connectivity index (χ1) is 9.09. The normalized spacial score (nSPS) is 12.4. The van der Waals surface area contributed by atoms with Crippen LogP contribution < -0.4 is 11.1 Å². The van der Waals surface area contributed by atoms with Crippen molar-refractivity contribution in [2.45, 2.75) is 19.9 Å². The minimum Gasteiger partial charge on any atom is -0.379 e. The molecule has 0 aliphatic heterocycles. The first kappa shape index (κ1) is 13.1. The number of amides is 1. The predicted octanol–water partition coefficient (Wildman–Crippen LogP) is 1.78. The molecule has 1 heterocycles. The summed E-state index contributed by atoms with van der Waals surface area (Å²) < 4.78 is 4.43. The number of benzene rings is 1. The maximum absolute atomic E-state index is 12.1. The SMILES string of the molecule is CC(C)C(NC(=O)c1nonc1N)c1ccccc1. The molecule has 1 aromatic heterocycles.